The number of benzene rings is 1. The number of nitrogens with zero attached hydrogens (tertiary/aromatic N) is 1. The summed E-state index contributed by atoms with van der Waals surface area (Å²) >= 11 is 5.90. The molecule has 1 heterocycles. The molecule has 1 unspecified atom stereocenters. The summed E-state index contributed by atoms with van der Waals surface area (Å²) in [5.41, 5.74) is 0.920. The fourth-order valence-corrected chi connectivity index (χ4v) is 2.58. The molecule has 0 saturated heterocycles. The van der Waals surface area contributed by atoms with Crippen LogP contribution in [0.4, 0.5) is 5.69 Å². The number of amides is 1. The molecular weight excluding hydrogens is 388 g/mol. The highest BCUT2D eigenvalue weighted by Gasteiger charge is 2.21. The van der Waals surface area contributed by atoms with Gasteiger partial charge in [-0.25, -0.2) is 4.98 Å². The lowest BCUT2D eigenvalue weighted by Crippen LogP contribution is -2.30. The van der Waals surface area contributed by atoms with Gasteiger partial charge in [0.15, 0.2) is 22.8 Å². The second-order valence-corrected chi connectivity index (χ2v) is 6.03. The summed E-state index contributed by atoms with van der Waals surface area (Å²) in [5.74, 6) is 0.147. The topological polar surface area (TPSA) is 96.0 Å². The van der Waals surface area contributed by atoms with Crippen LogP contribution >= 0.6 is 11.6 Å². The molecule has 0 saturated carbocycles. The molecule has 1 aromatic carbocycles. The van der Waals surface area contributed by atoms with E-state index in [1.54, 1.807) is 24.3 Å². The monoisotopic (exact) mass is 408 g/mol. The predicted molar refractivity (Wildman–Crippen MR) is 103 cm³/mol. The number of carbonyl (C=O) groups excluding carboxylic acids is 2. The molecule has 0 aliphatic rings. The molecule has 1 atom stereocenters. The number of aromatic nitrogens is 1. The Morgan fingerprint density at radius 1 is 1.14 bits per heavy atom. The number of esters is 1. The highest BCUT2D eigenvalue weighted by Crippen LogP contribution is 2.38. The Balaban J connectivity index is 2.03. The van der Waals surface area contributed by atoms with Crippen LogP contribution in [-0.4, -0.2) is 44.3 Å². The molecule has 9 heteroatoms. The largest absolute Gasteiger partial charge is 0.493 e. The third kappa shape index (κ3) is 5.26. The molecule has 2 rings (SSSR count). The van der Waals surface area contributed by atoms with E-state index in [-0.39, 0.29) is 11.6 Å². The molecule has 0 spiro atoms. The van der Waals surface area contributed by atoms with Gasteiger partial charge in [0.25, 0.3) is 5.91 Å². The Morgan fingerprint density at radius 2 is 1.79 bits per heavy atom. The van der Waals surface area contributed by atoms with Crippen LogP contribution in [0.5, 0.6) is 17.2 Å². The smallest absolute Gasteiger partial charge is 0.311 e. The lowest BCUT2D eigenvalue weighted by atomic mass is 10.1. The molecule has 0 fully saturated rings. The number of carbonyl (C=O) groups is 2. The number of nitrogens with one attached hydrogen (secondary N) is 1. The highest BCUT2D eigenvalue weighted by molar-refractivity contribution is 6.32. The van der Waals surface area contributed by atoms with Crippen molar-refractivity contribution in [1.29, 1.82) is 0 Å². The Morgan fingerprint density at radius 3 is 2.32 bits per heavy atom. The van der Waals surface area contributed by atoms with Crippen molar-refractivity contribution in [3.8, 4) is 17.2 Å². The van der Waals surface area contributed by atoms with Crippen molar-refractivity contribution in [2.45, 2.75) is 19.4 Å². The van der Waals surface area contributed by atoms with Crippen LogP contribution in [0.25, 0.3) is 0 Å². The summed E-state index contributed by atoms with van der Waals surface area (Å²) in [6.45, 7) is 1.46. The Labute approximate surface area is 167 Å². The minimum Gasteiger partial charge on any atom is -0.493 e. The maximum absolute atomic E-state index is 12.2. The number of pyridine rings is 1. The van der Waals surface area contributed by atoms with Crippen LogP contribution in [-0.2, 0) is 20.7 Å². The first kappa shape index (κ1) is 21.3. The maximum Gasteiger partial charge on any atom is 0.311 e. The van der Waals surface area contributed by atoms with E-state index >= 15 is 0 Å². The first-order chi connectivity index (χ1) is 13.4. The molecule has 1 amide bonds. The second kappa shape index (κ2) is 9.80. The van der Waals surface area contributed by atoms with E-state index in [2.05, 4.69) is 10.3 Å². The number of halogens is 1. The summed E-state index contributed by atoms with van der Waals surface area (Å²) in [6.07, 6.45) is 0.395. The van der Waals surface area contributed by atoms with Crippen LogP contribution in [0.2, 0.25) is 5.15 Å². The van der Waals surface area contributed by atoms with Crippen LogP contribution < -0.4 is 19.5 Å². The standard InChI is InChI=1S/C19H21ClN2O6/c1-11(19(24)22-13-6-5-7-21-18(13)20)28-16(23)10-12-8-14(25-2)17(27-4)15(9-12)26-3/h5-9,11H,10H2,1-4H3,(H,22,24). The van der Waals surface area contributed by atoms with Gasteiger partial charge in [0.1, 0.15) is 0 Å². The van der Waals surface area contributed by atoms with Crippen LogP contribution in [0, 0.1) is 0 Å². The Kier molecular flexibility index (Phi) is 7.45. The number of rotatable bonds is 8. The van der Waals surface area contributed by atoms with Crippen molar-refractivity contribution in [1.82, 2.24) is 4.98 Å². The minimum atomic E-state index is -1.02. The van der Waals surface area contributed by atoms with Crippen LogP contribution in [0.3, 0.4) is 0 Å². The van der Waals surface area contributed by atoms with E-state index in [0.29, 0.717) is 28.5 Å². The van der Waals surface area contributed by atoms with Crippen LogP contribution in [0.1, 0.15) is 12.5 Å². The van der Waals surface area contributed by atoms with Gasteiger partial charge in [0.2, 0.25) is 5.75 Å². The molecule has 1 N–H and O–H groups in total. The van der Waals surface area contributed by atoms with Crippen molar-refractivity contribution in [2.24, 2.45) is 0 Å². The van der Waals surface area contributed by atoms with Gasteiger partial charge in [0, 0.05) is 6.20 Å². The average molecular weight is 409 g/mol. The van der Waals surface area contributed by atoms with E-state index in [9.17, 15) is 9.59 Å². The third-order valence-electron chi connectivity index (χ3n) is 3.77. The SMILES string of the molecule is COc1cc(CC(=O)OC(C)C(=O)Nc2cccnc2Cl)cc(OC)c1OC. The Hall–Kier alpha value is -3.00. The number of methoxy groups -OCH3 is 3. The summed E-state index contributed by atoms with van der Waals surface area (Å²) in [4.78, 5) is 28.3. The summed E-state index contributed by atoms with van der Waals surface area (Å²) < 4.78 is 21.0. The predicted octanol–water partition coefficient (Wildman–Crippen LogP) is 2.87. The van der Waals surface area contributed by atoms with Gasteiger partial charge in [-0.05, 0) is 36.8 Å². The van der Waals surface area contributed by atoms with Gasteiger partial charge in [0.05, 0.1) is 33.4 Å². The number of anilines is 1. The average Bonchev–Trinajstić information content (AvgIpc) is 2.68. The first-order valence-electron chi connectivity index (χ1n) is 8.29. The van der Waals surface area contributed by atoms with Crippen LogP contribution in [0.15, 0.2) is 30.5 Å². The van der Waals surface area contributed by atoms with Crippen molar-refractivity contribution < 1.29 is 28.5 Å². The summed E-state index contributed by atoms with van der Waals surface area (Å²) in [5, 5.41) is 2.71. The van der Waals surface area contributed by atoms with Gasteiger partial charge in [-0.2, -0.15) is 0 Å². The van der Waals surface area contributed by atoms with Gasteiger partial charge < -0.3 is 24.3 Å². The molecule has 2 aromatic rings. The van der Waals surface area contributed by atoms with Crippen molar-refractivity contribution in [2.75, 3.05) is 26.6 Å². The first-order valence-corrected chi connectivity index (χ1v) is 8.67. The van der Waals surface area contributed by atoms with E-state index in [1.165, 1.54) is 34.4 Å². The quantitative estimate of drug-likeness (QED) is 0.530. The molecular formula is C19H21ClN2O6. The zero-order valence-electron chi connectivity index (χ0n) is 15.9. The fourth-order valence-electron chi connectivity index (χ4n) is 2.41. The maximum atomic E-state index is 12.2. The second-order valence-electron chi connectivity index (χ2n) is 5.67. The zero-order chi connectivity index (χ0) is 20.7. The Bertz CT molecular complexity index is 833. The molecule has 8 nitrogen and oxygen atoms in total. The van der Waals surface area contributed by atoms with Crippen molar-refractivity contribution >= 4 is 29.2 Å². The number of ether oxygens (including phenoxy) is 4. The lowest BCUT2D eigenvalue weighted by molar-refractivity contribution is -0.152. The molecule has 1 aromatic heterocycles. The normalized spacial score (nSPS) is 11.3. The molecule has 0 aliphatic carbocycles. The van der Waals surface area contributed by atoms with Gasteiger partial charge in [-0.15, -0.1) is 0 Å². The van der Waals surface area contributed by atoms with E-state index < -0.39 is 18.0 Å². The third-order valence-corrected chi connectivity index (χ3v) is 4.07. The number of hydrogen-bond acceptors (Lipinski definition) is 7. The van der Waals surface area contributed by atoms with Gasteiger partial charge in [-0.3, -0.25) is 9.59 Å². The molecule has 150 valence electrons. The highest BCUT2D eigenvalue weighted by atomic mass is 35.5. The zero-order valence-corrected chi connectivity index (χ0v) is 16.7. The van der Waals surface area contributed by atoms with E-state index in [0.717, 1.165) is 0 Å². The van der Waals surface area contributed by atoms with Gasteiger partial charge in [-0.1, -0.05) is 11.6 Å². The van der Waals surface area contributed by atoms with Gasteiger partial charge >= 0.3 is 5.97 Å². The van der Waals surface area contributed by atoms with E-state index in [4.69, 9.17) is 30.5 Å². The fraction of sp³-hybridized carbons (Fsp3) is 0.316. The lowest BCUT2D eigenvalue weighted by Gasteiger charge is -2.16. The van der Waals surface area contributed by atoms with Crippen molar-refractivity contribution in [3.63, 3.8) is 0 Å². The molecule has 28 heavy (non-hydrogen) atoms. The van der Waals surface area contributed by atoms with Crippen molar-refractivity contribution in [3.05, 3.63) is 41.2 Å². The number of hydrogen-bond donors (Lipinski definition) is 1. The molecule has 0 aliphatic heterocycles. The minimum absolute atomic E-state index is 0.0814. The van der Waals surface area contributed by atoms with E-state index in [1.807, 2.05) is 0 Å². The summed E-state index contributed by atoms with van der Waals surface area (Å²) in [7, 11) is 4.45. The molecule has 0 bridgehead atoms. The molecule has 0 radical (unpaired) electrons. The summed E-state index contributed by atoms with van der Waals surface area (Å²) in [6, 6.07) is 6.51.